The molecular formula is C17H18N2O4. The third kappa shape index (κ3) is 3.53. The van der Waals surface area contributed by atoms with Gasteiger partial charge in [-0.25, -0.2) is 0 Å². The Labute approximate surface area is 133 Å². The number of aryl methyl sites for hydroxylation is 1. The molecule has 0 spiro atoms. The summed E-state index contributed by atoms with van der Waals surface area (Å²) in [5, 5.41) is 2.82. The predicted molar refractivity (Wildman–Crippen MR) is 85.2 cm³/mol. The minimum absolute atomic E-state index is 0.204. The van der Waals surface area contributed by atoms with Gasteiger partial charge in [-0.2, -0.15) is 0 Å². The molecular weight excluding hydrogens is 296 g/mol. The summed E-state index contributed by atoms with van der Waals surface area (Å²) in [5.41, 5.74) is 1.22. The fourth-order valence-corrected chi connectivity index (χ4v) is 2.36. The zero-order chi connectivity index (χ0) is 16.2. The van der Waals surface area contributed by atoms with Gasteiger partial charge in [-0.15, -0.1) is 0 Å². The van der Waals surface area contributed by atoms with Gasteiger partial charge in [0.15, 0.2) is 11.5 Å². The van der Waals surface area contributed by atoms with Crippen molar-refractivity contribution < 1.29 is 14.3 Å². The van der Waals surface area contributed by atoms with Crippen molar-refractivity contribution in [3.8, 4) is 11.5 Å². The number of fused-ring (bicyclic) bond motifs is 1. The first kappa shape index (κ1) is 15.1. The summed E-state index contributed by atoms with van der Waals surface area (Å²) in [5.74, 6) is 1.25. The van der Waals surface area contributed by atoms with Crippen molar-refractivity contribution in [1.82, 2.24) is 9.88 Å². The number of rotatable bonds is 4. The lowest BCUT2D eigenvalue weighted by atomic mass is 10.1. The number of benzene rings is 1. The molecule has 1 aromatic carbocycles. The molecule has 1 aliphatic rings. The lowest BCUT2D eigenvalue weighted by Crippen LogP contribution is -2.27. The Hall–Kier alpha value is -2.76. The van der Waals surface area contributed by atoms with E-state index in [0.29, 0.717) is 31.7 Å². The summed E-state index contributed by atoms with van der Waals surface area (Å²) in [7, 11) is 1.64. The van der Waals surface area contributed by atoms with Crippen LogP contribution in [0.25, 0.3) is 0 Å². The molecule has 0 atom stereocenters. The molecule has 1 aromatic heterocycles. The first-order valence-corrected chi connectivity index (χ1v) is 7.47. The largest absolute Gasteiger partial charge is 0.486 e. The molecule has 3 rings (SSSR count). The van der Waals surface area contributed by atoms with Crippen molar-refractivity contribution in [2.24, 2.45) is 7.05 Å². The van der Waals surface area contributed by atoms with Gasteiger partial charge in [0.05, 0.1) is 0 Å². The zero-order valence-corrected chi connectivity index (χ0v) is 12.9. The van der Waals surface area contributed by atoms with Gasteiger partial charge in [-0.05, 0) is 30.2 Å². The van der Waals surface area contributed by atoms with E-state index in [0.717, 1.165) is 17.1 Å². The maximum atomic E-state index is 12.0. The van der Waals surface area contributed by atoms with Crippen LogP contribution in [0.1, 0.15) is 15.9 Å². The van der Waals surface area contributed by atoms with Crippen LogP contribution in [-0.4, -0.2) is 30.2 Å². The minimum atomic E-state index is -0.250. The molecule has 0 saturated carbocycles. The van der Waals surface area contributed by atoms with Crippen molar-refractivity contribution in [3.63, 3.8) is 0 Å². The van der Waals surface area contributed by atoms with Gasteiger partial charge in [0, 0.05) is 31.4 Å². The second-order valence-corrected chi connectivity index (χ2v) is 5.35. The van der Waals surface area contributed by atoms with Gasteiger partial charge in [-0.1, -0.05) is 6.07 Å². The fourth-order valence-electron chi connectivity index (χ4n) is 2.36. The fraction of sp³-hybridized carbons (Fsp3) is 0.294. The lowest BCUT2D eigenvalue weighted by molar-refractivity contribution is 0.0954. The van der Waals surface area contributed by atoms with Crippen LogP contribution in [0.15, 0.2) is 41.3 Å². The normalized spacial score (nSPS) is 12.7. The number of aromatic nitrogens is 1. The van der Waals surface area contributed by atoms with E-state index in [1.54, 1.807) is 19.3 Å². The van der Waals surface area contributed by atoms with E-state index in [-0.39, 0.29) is 11.5 Å². The molecule has 2 heterocycles. The molecule has 0 unspecified atom stereocenters. The first-order chi connectivity index (χ1) is 11.1. The first-order valence-electron chi connectivity index (χ1n) is 7.47. The molecule has 120 valence electrons. The highest BCUT2D eigenvalue weighted by atomic mass is 16.6. The Morgan fingerprint density at radius 2 is 1.96 bits per heavy atom. The van der Waals surface area contributed by atoms with Gasteiger partial charge >= 0.3 is 0 Å². The molecule has 0 radical (unpaired) electrons. The van der Waals surface area contributed by atoms with Crippen LogP contribution >= 0.6 is 0 Å². The van der Waals surface area contributed by atoms with Crippen LogP contribution < -0.4 is 20.3 Å². The van der Waals surface area contributed by atoms with Crippen molar-refractivity contribution in [2.75, 3.05) is 19.8 Å². The Morgan fingerprint density at radius 1 is 1.17 bits per heavy atom. The van der Waals surface area contributed by atoms with Gasteiger partial charge in [0.2, 0.25) is 0 Å². The van der Waals surface area contributed by atoms with E-state index >= 15 is 0 Å². The number of carbonyl (C=O) groups excluding carboxylic acids is 1. The zero-order valence-electron chi connectivity index (χ0n) is 12.9. The Bertz CT molecular complexity index is 782. The molecule has 23 heavy (non-hydrogen) atoms. The Morgan fingerprint density at radius 3 is 2.74 bits per heavy atom. The van der Waals surface area contributed by atoms with Crippen molar-refractivity contribution >= 4 is 5.91 Å². The van der Waals surface area contributed by atoms with E-state index in [1.165, 1.54) is 10.6 Å². The van der Waals surface area contributed by atoms with E-state index in [2.05, 4.69) is 5.32 Å². The summed E-state index contributed by atoms with van der Waals surface area (Å²) in [4.78, 5) is 23.6. The SMILES string of the molecule is Cn1ccc(C(=O)NCCc2ccc3c(c2)OCCO3)cc1=O. The maximum Gasteiger partial charge on any atom is 0.251 e. The molecule has 2 aromatic rings. The molecule has 0 fully saturated rings. The summed E-state index contributed by atoms with van der Waals surface area (Å²) >= 11 is 0. The Balaban J connectivity index is 1.57. The molecule has 0 saturated heterocycles. The topological polar surface area (TPSA) is 69.6 Å². The average molecular weight is 314 g/mol. The number of hydrogen-bond acceptors (Lipinski definition) is 4. The molecule has 0 aliphatic carbocycles. The number of ether oxygens (including phenoxy) is 2. The summed E-state index contributed by atoms with van der Waals surface area (Å²) in [6.07, 6.45) is 2.26. The van der Waals surface area contributed by atoms with Gasteiger partial charge in [0.25, 0.3) is 11.5 Å². The van der Waals surface area contributed by atoms with Crippen LogP contribution in [0.3, 0.4) is 0 Å². The molecule has 0 bridgehead atoms. The second-order valence-electron chi connectivity index (χ2n) is 5.35. The van der Waals surface area contributed by atoms with Crippen molar-refractivity contribution in [2.45, 2.75) is 6.42 Å². The van der Waals surface area contributed by atoms with Crippen molar-refractivity contribution in [1.29, 1.82) is 0 Å². The highest BCUT2D eigenvalue weighted by molar-refractivity contribution is 5.93. The van der Waals surface area contributed by atoms with Crippen LogP contribution in [0.5, 0.6) is 11.5 Å². The Kier molecular flexibility index (Phi) is 4.32. The number of nitrogens with zero attached hydrogens (tertiary/aromatic N) is 1. The third-order valence-corrected chi connectivity index (χ3v) is 3.67. The molecule has 1 amide bonds. The molecule has 6 nitrogen and oxygen atoms in total. The van der Waals surface area contributed by atoms with E-state index in [1.807, 2.05) is 18.2 Å². The monoisotopic (exact) mass is 314 g/mol. The van der Waals surface area contributed by atoms with Gasteiger partial charge < -0.3 is 19.4 Å². The lowest BCUT2D eigenvalue weighted by Gasteiger charge is -2.18. The predicted octanol–water partition coefficient (Wildman–Crippen LogP) is 1.13. The number of pyridine rings is 1. The maximum absolute atomic E-state index is 12.0. The quantitative estimate of drug-likeness (QED) is 0.918. The van der Waals surface area contributed by atoms with E-state index in [9.17, 15) is 9.59 Å². The number of hydrogen-bond donors (Lipinski definition) is 1. The smallest absolute Gasteiger partial charge is 0.251 e. The molecule has 1 aliphatic heterocycles. The highest BCUT2D eigenvalue weighted by Gasteiger charge is 2.12. The van der Waals surface area contributed by atoms with Crippen LogP contribution in [-0.2, 0) is 13.5 Å². The average Bonchev–Trinajstić information content (AvgIpc) is 2.57. The number of nitrogens with one attached hydrogen (secondary N) is 1. The van der Waals surface area contributed by atoms with Crippen molar-refractivity contribution in [3.05, 3.63) is 58.0 Å². The second kappa shape index (κ2) is 6.56. The van der Waals surface area contributed by atoms with Crippen LogP contribution in [0.4, 0.5) is 0 Å². The summed E-state index contributed by atoms with van der Waals surface area (Å²) in [6, 6.07) is 8.73. The van der Waals surface area contributed by atoms with E-state index in [4.69, 9.17) is 9.47 Å². The summed E-state index contributed by atoms with van der Waals surface area (Å²) in [6.45, 7) is 1.60. The number of carbonyl (C=O) groups is 1. The van der Waals surface area contributed by atoms with Crippen LogP contribution in [0, 0.1) is 0 Å². The number of amides is 1. The molecule has 1 N–H and O–H groups in total. The van der Waals surface area contributed by atoms with E-state index < -0.39 is 0 Å². The minimum Gasteiger partial charge on any atom is -0.486 e. The highest BCUT2D eigenvalue weighted by Crippen LogP contribution is 2.30. The summed E-state index contributed by atoms with van der Waals surface area (Å²) < 4.78 is 12.4. The van der Waals surface area contributed by atoms with Gasteiger partial charge in [-0.3, -0.25) is 9.59 Å². The standard InChI is InChI=1S/C17H18N2O4/c1-19-7-5-13(11-16(19)20)17(21)18-6-4-12-2-3-14-15(10-12)23-9-8-22-14/h2-3,5,7,10-11H,4,6,8-9H2,1H3,(H,18,21). The molecule has 6 heteroatoms. The third-order valence-electron chi connectivity index (χ3n) is 3.67. The van der Waals surface area contributed by atoms with Gasteiger partial charge in [0.1, 0.15) is 13.2 Å². The van der Waals surface area contributed by atoms with Crippen LogP contribution in [0.2, 0.25) is 0 Å².